The van der Waals surface area contributed by atoms with Crippen LogP contribution in [0.3, 0.4) is 0 Å². The van der Waals surface area contributed by atoms with Gasteiger partial charge >= 0.3 is 0 Å². The maximum Gasteiger partial charge on any atom is 0.178 e. The van der Waals surface area contributed by atoms with Gasteiger partial charge in [-0.1, -0.05) is 134 Å². The second-order valence-corrected chi connectivity index (χ2v) is 14.4. The molecule has 6 aromatic carbocycles. The van der Waals surface area contributed by atoms with Crippen LogP contribution in [-0.4, -0.2) is 0 Å². The summed E-state index contributed by atoms with van der Waals surface area (Å²) in [6.45, 7) is 2.34. The Kier molecular flexibility index (Phi) is 6.15. The number of allylic oxidation sites excluding steroid dienone is 10. The lowest BCUT2D eigenvalue weighted by Crippen LogP contribution is -2.26. The van der Waals surface area contributed by atoms with E-state index in [1.165, 1.54) is 55.3 Å². The van der Waals surface area contributed by atoms with Crippen LogP contribution in [0, 0.1) is 11.8 Å². The molecule has 11 rings (SSSR count). The van der Waals surface area contributed by atoms with Crippen LogP contribution in [-0.2, 0) is 0 Å². The summed E-state index contributed by atoms with van der Waals surface area (Å²) in [5.41, 5.74) is 14.1. The van der Waals surface area contributed by atoms with Crippen LogP contribution in [0.1, 0.15) is 30.4 Å². The largest absolute Gasteiger partial charge is 0.452 e. The first-order valence-electron chi connectivity index (χ1n) is 18.1. The van der Waals surface area contributed by atoms with Gasteiger partial charge in [0.2, 0.25) is 0 Å². The van der Waals surface area contributed by atoms with E-state index in [-0.39, 0.29) is 11.8 Å². The van der Waals surface area contributed by atoms with Crippen molar-refractivity contribution in [1.82, 2.24) is 0 Å². The first-order chi connectivity index (χ1) is 25.2. The highest BCUT2D eigenvalue weighted by molar-refractivity contribution is 6.19. The van der Waals surface area contributed by atoms with Crippen LogP contribution in [0.5, 0.6) is 0 Å². The molecule has 0 saturated heterocycles. The van der Waals surface area contributed by atoms with E-state index >= 15 is 0 Å². The van der Waals surface area contributed by atoms with E-state index in [4.69, 9.17) is 8.83 Å². The number of benzene rings is 6. The van der Waals surface area contributed by atoms with Crippen molar-refractivity contribution in [3.8, 4) is 11.1 Å². The minimum atomic E-state index is 0.220. The third-order valence-corrected chi connectivity index (χ3v) is 11.4. The highest BCUT2D eigenvalue weighted by Gasteiger charge is 2.39. The van der Waals surface area contributed by atoms with Gasteiger partial charge in [-0.3, -0.25) is 0 Å². The Hall–Kier alpha value is -6.12. The van der Waals surface area contributed by atoms with Gasteiger partial charge in [0.15, 0.2) is 11.2 Å². The van der Waals surface area contributed by atoms with Gasteiger partial charge in [0.05, 0.1) is 0 Å². The Bertz CT molecular complexity index is 2900. The van der Waals surface area contributed by atoms with Crippen LogP contribution < -0.4 is 0 Å². The van der Waals surface area contributed by atoms with Gasteiger partial charge in [-0.2, -0.15) is 0 Å². The van der Waals surface area contributed by atoms with Crippen LogP contribution in [0.15, 0.2) is 183 Å². The molecule has 2 heterocycles. The molecule has 8 aromatic rings. The monoisotopic (exact) mass is 654 g/mol. The molecule has 51 heavy (non-hydrogen) atoms. The predicted octanol–water partition coefficient (Wildman–Crippen LogP) is 13.5. The number of hydrogen-bond acceptors (Lipinski definition) is 2. The van der Waals surface area contributed by atoms with Gasteiger partial charge in [-0.05, 0) is 98.0 Å². The maximum absolute atomic E-state index is 6.50. The fraction of sp³-hybridized carbons (Fsp3) is 0.102. The molecule has 0 amide bonds. The summed E-state index contributed by atoms with van der Waals surface area (Å²) < 4.78 is 12.8. The van der Waals surface area contributed by atoms with Crippen molar-refractivity contribution in [3.05, 3.63) is 186 Å². The number of furan rings is 2. The standard InChI is InChI=1S/C49H34O2/c1-29-19-21-39-43(27-29)46(30-11-3-2-4-12-30)36-16-7-8-17-37(36)47(39)38-23-22-32(33-13-5-6-14-34(33)38)31-20-26-45-42(28-31)41-25-24-40-35-15-9-10-18-44(35)50-48(40)49(41)51-45/h2-18,20-29,37,47H,19H2,1H3. The Labute approximate surface area is 296 Å². The first-order valence-corrected chi connectivity index (χ1v) is 18.1. The Morgan fingerprint density at radius 3 is 2.16 bits per heavy atom. The zero-order chi connectivity index (χ0) is 33.6. The molecule has 2 aromatic heterocycles. The summed E-state index contributed by atoms with van der Waals surface area (Å²) in [6.07, 6.45) is 15.4. The zero-order valence-electron chi connectivity index (χ0n) is 28.3. The lowest BCUT2D eigenvalue weighted by atomic mass is 9.62. The van der Waals surface area contributed by atoms with Crippen molar-refractivity contribution >= 4 is 60.2 Å². The van der Waals surface area contributed by atoms with Crippen molar-refractivity contribution in [2.75, 3.05) is 0 Å². The molecule has 2 nitrogen and oxygen atoms in total. The quantitative estimate of drug-likeness (QED) is 0.189. The van der Waals surface area contributed by atoms with Gasteiger partial charge in [-0.15, -0.1) is 0 Å². The Balaban J connectivity index is 1.09. The predicted molar refractivity (Wildman–Crippen MR) is 212 cm³/mol. The molecule has 242 valence electrons. The molecular formula is C49H34O2. The van der Waals surface area contributed by atoms with Gasteiger partial charge in [0.1, 0.15) is 11.2 Å². The first kappa shape index (κ1) is 28.7. The molecule has 0 bridgehead atoms. The molecule has 3 atom stereocenters. The van der Waals surface area contributed by atoms with Crippen molar-refractivity contribution in [2.24, 2.45) is 11.8 Å². The van der Waals surface area contributed by atoms with Crippen LogP contribution in [0.2, 0.25) is 0 Å². The number of fused-ring (bicyclic) bond motifs is 10. The van der Waals surface area contributed by atoms with Crippen LogP contribution in [0.4, 0.5) is 0 Å². The molecule has 0 saturated carbocycles. The number of rotatable bonds is 3. The van der Waals surface area contributed by atoms with E-state index < -0.39 is 0 Å². The second kappa shape index (κ2) is 10.9. The van der Waals surface area contributed by atoms with Crippen LogP contribution in [0.25, 0.3) is 71.3 Å². The lowest BCUT2D eigenvalue weighted by Gasteiger charge is -2.41. The summed E-state index contributed by atoms with van der Waals surface area (Å²) >= 11 is 0. The number of hydrogen-bond donors (Lipinski definition) is 0. The maximum atomic E-state index is 6.50. The van der Waals surface area contributed by atoms with Crippen LogP contribution >= 0.6 is 0 Å². The van der Waals surface area contributed by atoms with Crippen molar-refractivity contribution in [1.29, 1.82) is 0 Å². The molecule has 3 aliphatic carbocycles. The molecule has 0 aliphatic heterocycles. The minimum Gasteiger partial charge on any atom is -0.452 e. The van der Waals surface area contributed by atoms with E-state index in [0.717, 1.165) is 50.3 Å². The third-order valence-electron chi connectivity index (χ3n) is 11.4. The van der Waals surface area contributed by atoms with Gasteiger partial charge in [0.25, 0.3) is 0 Å². The summed E-state index contributed by atoms with van der Waals surface area (Å²) in [5.74, 6) is 0.970. The zero-order valence-corrected chi connectivity index (χ0v) is 28.3. The van der Waals surface area contributed by atoms with Gasteiger partial charge in [-0.25, -0.2) is 0 Å². The Morgan fingerprint density at radius 2 is 1.31 bits per heavy atom. The summed E-state index contributed by atoms with van der Waals surface area (Å²) in [4.78, 5) is 0. The molecule has 0 fully saturated rings. The van der Waals surface area contributed by atoms with E-state index in [1.54, 1.807) is 0 Å². The molecule has 2 heteroatoms. The summed E-state index contributed by atoms with van der Waals surface area (Å²) in [5, 5.41) is 6.95. The van der Waals surface area contributed by atoms with Crippen molar-refractivity contribution in [2.45, 2.75) is 19.3 Å². The molecule has 3 unspecified atom stereocenters. The fourth-order valence-corrected chi connectivity index (χ4v) is 9.16. The normalized spacial score (nSPS) is 20.0. The second-order valence-electron chi connectivity index (χ2n) is 14.4. The van der Waals surface area contributed by atoms with Gasteiger partial charge in [0, 0.05) is 33.4 Å². The Morgan fingerprint density at radius 1 is 0.588 bits per heavy atom. The van der Waals surface area contributed by atoms with E-state index in [2.05, 4.69) is 153 Å². The smallest absolute Gasteiger partial charge is 0.178 e. The topological polar surface area (TPSA) is 26.3 Å². The highest BCUT2D eigenvalue weighted by atomic mass is 16.4. The molecular weight excluding hydrogens is 621 g/mol. The summed E-state index contributed by atoms with van der Waals surface area (Å²) in [6, 6.07) is 43.9. The van der Waals surface area contributed by atoms with E-state index in [9.17, 15) is 0 Å². The van der Waals surface area contributed by atoms with E-state index in [1.807, 2.05) is 12.1 Å². The number of para-hydroxylation sites is 1. The van der Waals surface area contributed by atoms with Gasteiger partial charge < -0.3 is 8.83 Å². The SMILES string of the molecule is CC1C=C2C(=CC1)C(c1ccc(-c3ccc4oc5c(ccc6c7ccccc7oc65)c4c3)c3ccccc13)C1C=CC=CC1=C2c1ccccc1. The average Bonchev–Trinajstić information content (AvgIpc) is 3.75. The summed E-state index contributed by atoms with van der Waals surface area (Å²) in [7, 11) is 0. The van der Waals surface area contributed by atoms with Crippen molar-refractivity contribution < 1.29 is 8.83 Å². The lowest BCUT2D eigenvalue weighted by molar-refractivity contribution is 0.623. The third kappa shape index (κ3) is 4.23. The van der Waals surface area contributed by atoms with Crippen molar-refractivity contribution in [3.63, 3.8) is 0 Å². The highest BCUT2D eigenvalue weighted by Crippen LogP contribution is 2.55. The molecule has 0 spiro atoms. The fourth-order valence-electron chi connectivity index (χ4n) is 9.16. The molecule has 0 radical (unpaired) electrons. The molecule has 0 N–H and O–H groups in total. The average molecular weight is 655 g/mol. The molecule has 3 aliphatic rings. The van der Waals surface area contributed by atoms with E-state index in [0.29, 0.717) is 5.92 Å². The minimum absolute atomic E-state index is 0.220.